The quantitative estimate of drug-likeness (QED) is 0.591. The average molecular weight is 477 g/mol. The van der Waals surface area contributed by atoms with Crippen molar-refractivity contribution in [1.29, 1.82) is 0 Å². The van der Waals surface area contributed by atoms with Gasteiger partial charge in [0.2, 0.25) is 5.91 Å². The molecule has 0 spiro atoms. The van der Waals surface area contributed by atoms with E-state index in [4.69, 9.17) is 0 Å². The molecule has 5 aliphatic rings. The number of carbonyl (C=O) groups is 2. The van der Waals surface area contributed by atoms with Crippen LogP contribution in [-0.4, -0.2) is 63.7 Å². The number of ketones is 1. The van der Waals surface area contributed by atoms with Gasteiger partial charge in [-0.25, -0.2) is 4.39 Å². The Kier molecular flexibility index (Phi) is 6.63. The van der Waals surface area contributed by atoms with Crippen molar-refractivity contribution in [2.24, 2.45) is 35.5 Å². The maximum absolute atomic E-state index is 14.6. The van der Waals surface area contributed by atoms with Crippen LogP contribution in [-0.2, 0) is 9.59 Å². The summed E-state index contributed by atoms with van der Waals surface area (Å²) in [6.45, 7) is 7.98. The van der Waals surface area contributed by atoms with Crippen molar-refractivity contribution < 1.29 is 19.1 Å². The van der Waals surface area contributed by atoms with Crippen LogP contribution in [0.5, 0.6) is 0 Å². The molecule has 0 bridgehead atoms. The topological polar surface area (TPSA) is 60.9 Å². The van der Waals surface area contributed by atoms with Crippen LogP contribution in [0, 0.1) is 35.5 Å². The second-order valence-corrected chi connectivity index (χ2v) is 12.9. The minimum absolute atomic E-state index is 0.0175. The van der Waals surface area contributed by atoms with Gasteiger partial charge in [0, 0.05) is 37.5 Å². The van der Waals surface area contributed by atoms with Gasteiger partial charge in [0.15, 0.2) is 11.6 Å². The van der Waals surface area contributed by atoms with E-state index in [0.29, 0.717) is 68.5 Å². The van der Waals surface area contributed by atoms with Gasteiger partial charge < -0.3 is 10.0 Å². The lowest BCUT2D eigenvalue weighted by Crippen LogP contribution is -2.48. The van der Waals surface area contributed by atoms with Gasteiger partial charge in [-0.3, -0.25) is 14.5 Å². The summed E-state index contributed by atoms with van der Waals surface area (Å²) in [6, 6.07) is 0.417. The number of hydrogen-bond acceptors (Lipinski definition) is 4. The van der Waals surface area contributed by atoms with E-state index in [1.807, 2.05) is 4.90 Å². The Morgan fingerprint density at radius 2 is 1.59 bits per heavy atom. The normalized spacial score (nSPS) is 39.0. The summed E-state index contributed by atoms with van der Waals surface area (Å²) in [5, 5.41) is 10.1. The van der Waals surface area contributed by atoms with Crippen LogP contribution in [0.4, 0.5) is 4.39 Å². The van der Waals surface area contributed by atoms with Gasteiger partial charge >= 0.3 is 0 Å². The molecule has 34 heavy (non-hydrogen) atoms. The van der Waals surface area contributed by atoms with Gasteiger partial charge in [0.05, 0.1) is 0 Å². The van der Waals surface area contributed by atoms with Crippen molar-refractivity contribution in [3.05, 3.63) is 0 Å². The molecule has 5 nitrogen and oxygen atoms in total. The zero-order valence-electron chi connectivity index (χ0n) is 21.5. The van der Waals surface area contributed by atoms with Crippen molar-refractivity contribution in [2.75, 3.05) is 19.6 Å². The fraction of sp³-hybridized carbons (Fsp3) is 0.929. The number of piperidine rings is 1. The van der Waals surface area contributed by atoms with Gasteiger partial charge in [0.25, 0.3) is 0 Å². The molecule has 5 rings (SSSR count). The first kappa shape index (κ1) is 24.7. The maximum Gasteiger partial charge on any atom is 0.225 e. The van der Waals surface area contributed by atoms with E-state index in [2.05, 4.69) is 11.8 Å². The first-order chi connectivity index (χ1) is 16.1. The van der Waals surface area contributed by atoms with E-state index in [1.54, 1.807) is 13.8 Å². The Labute approximate surface area is 204 Å². The van der Waals surface area contributed by atoms with E-state index in [9.17, 15) is 19.1 Å². The first-order valence-electron chi connectivity index (χ1n) is 14.1. The Balaban J connectivity index is 1.10. The molecular formula is C28H45FN2O3. The fourth-order valence-electron chi connectivity index (χ4n) is 8.23. The molecular weight excluding hydrogens is 431 g/mol. The minimum atomic E-state index is -1.21. The second kappa shape index (κ2) is 9.14. The van der Waals surface area contributed by atoms with E-state index < -0.39 is 11.4 Å². The molecule has 2 saturated heterocycles. The van der Waals surface area contributed by atoms with Crippen LogP contribution in [0.2, 0.25) is 0 Å². The summed E-state index contributed by atoms with van der Waals surface area (Å²) in [5.74, 6) is 1.76. The number of amides is 1. The molecule has 3 aliphatic carbocycles. The van der Waals surface area contributed by atoms with Crippen LogP contribution in [0.15, 0.2) is 0 Å². The highest BCUT2D eigenvalue weighted by atomic mass is 19.1. The van der Waals surface area contributed by atoms with Gasteiger partial charge in [-0.05, 0) is 108 Å². The van der Waals surface area contributed by atoms with Gasteiger partial charge in [-0.2, -0.15) is 0 Å². The van der Waals surface area contributed by atoms with Gasteiger partial charge in [-0.15, -0.1) is 0 Å². The van der Waals surface area contributed by atoms with Crippen molar-refractivity contribution in [3.63, 3.8) is 0 Å². The molecule has 6 atom stereocenters. The summed E-state index contributed by atoms with van der Waals surface area (Å²) in [6.07, 6.45) is 10.4. The number of rotatable bonds is 5. The third-order valence-corrected chi connectivity index (χ3v) is 10.4. The number of hydrogen-bond donors (Lipinski definition) is 1. The van der Waals surface area contributed by atoms with Gasteiger partial charge in [0.1, 0.15) is 5.60 Å². The third-order valence-electron chi connectivity index (χ3n) is 10.4. The van der Waals surface area contributed by atoms with E-state index in [-0.39, 0.29) is 17.6 Å². The SMILES string of the molecule is CC1CC(C(=O)N2CCC(C(=O)C3(O)CC3)CC2)CCC1C1CCC2C(CCN2C(C)(C)F)C1. The predicted octanol–water partition coefficient (Wildman–Crippen LogP) is 4.57. The van der Waals surface area contributed by atoms with Crippen LogP contribution in [0.3, 0.4) is 0 Å². The number of nitrogens with zero attached hydrogens (tertiary/aromatic N) is 2. The summed E-state index contributed by atoms with van der Waals surface area (Å²) in [5.41, 5.74) is -1.04. The van der Waals surface area contributed by atoms with E-state index >= 15 is 0 Å². The number of carbonyl (C=O) groups excluding carboxylic acids is 2. The minimum Gasteiger partial charge on any atom is -0.382 e. The average Bonchev–Trinajstić information content (AvgIpc) is 3.41. The third kappa shape index (κ3) is 4.70. The monoisotopic (exact) mass is 476 g/mol. The Hall–Kier alpha value is -1.01. The van der Waals surface area contributed by atoms with Crippen LogP contribution in [0.25, 0.3) is 0 Å². The lowest BCUT2D eigenvalue weighted by Gasteiger charge is -2.45. The lowest BCUT2D eigenvalue weighted by atomic mass is 9.63. The Morgan fingerprint density at radius 1 is 0.882 bits per heavy atom. The predicted molar refractivity (Wildman–Crippen MR) is 130 cm³/mol. The maximum atomic E-state index is 14.6. The molecule has 6 heteroatoms. The number of halogens is 1. The van der Waals surface area contributed by atoms with Crippen LogP contribution in [0.1, 0.15) is 91.4 Å². The number of Topliss-reactive ketones (excluding diaryl/α,β-unsaturated/α-hetero) is 1. The Bertz CT molecular complexity index is 783. The summed E-state index contributed by atoms with van der Waals surface area (Å²) in [4.78, 5) is 29.9. The smallest absolute Gasteiger partial charge is 0.225 e. The van der Waals surface area contributed by atoms with E-state index in [0.717, 1.165) is 44.6 Å². The molecule has 0 aromatic carbocycles. The molecule has 0 aromatic heterocycles. The molecule has 2 heterocycles. The highest BCUT2D eigenvalue weighted by molar-refractivity contribution is 5.92. The second-order valence-electron chi connectivity index (χ2n) is 12.9. The summed E-state index contributed by atoms with van der Waals surface area (Å²) in [7, 11) is 0. The highest BCUT2D eigenvalue weighted by Gasteiger charge is 2.51. The zero-order chi connectivity index (χ0) is 24.3. The molecule has 1 amide bonds. The van der Waals surface area contributed by atoms with Crippen molar-refractivity contribution >= 4 is 11.7 Å². The van der Waals surface area contributed by atoms with E-state index in [1.165, 1.54) is 12.8 Å². The largest absolute Gasteiger partial charge is 0.382 e. The summed E-state index contributed by atoms with van der Waals surface area (Å²) < 4.78 is 14.6. The molecule has 2 aliphatic heterocycles. The molecule has 192 valence electrons. The highest BCUT2D eigenvalue weighted by Crippen LogP contribution is 2.49. The lowest BCUT2D eigenvalue weighted by molar-refractivity contribution is -0.143. The Morgan fingerprint density at radius 3 is 2.21 bits per heavy atom. The van der Waals surface area contributed by atoms with Crippen molar-refractivity contribution in [1.82, 2.24) is 9.80 Å². The molecule has 3 saturated carbocycles. The van der Waals surface area contributed by atoms with Crippen LogP contribution >= 0.6 is 0 Å². The molecule has 0 radical (unpaired) electrons. The first-order valence-corrected chi connectivity index (χ1v) is 14.1. The molecule has 0 aromatic rings. The number of alkyl halides is 1. The molecule has 6 unspecified atom stereocenters. The summed E-state index contributed by atoms with van der Waals surface area (Å²) >= 11 is 0. The van der Waals surface area contributed by atoms with Gasteiger partial charge in [-0.1, -0.05) is 6.92 Å². The number of likely N-dealkylation sites (tertiary alicyclic amines) is 2. The number of fused-ring (bicyclic) bond motifs is 1. The van der Waals surface area contributed by atoms with Crippen molar-refractivity contribution in [2.45, 2.75) is 109 Å². The van der Waals surface area contributed by atoms with Crippen LogP contribution < -0.4 is 0 Å². The zero-order valence-corrected chi connectivity index (χ0v) is 21.5. The fourth-order valence-corrected chi connectivity index (χ4v) is 8.23. The molecule has 1 N–H and O–H groups in total. The standard InChI is InChI=1S/C28H45FN2O3/c1-18-16-22(26(33)30-13-8-19(9-14-30)25(32)28(34)11-12-28)4-6-23(18)20-5-7-24-21(17-20)10-15-31(24)27(2,3)29/h18-24,34H,4-17H2,1-3H3. The van der Waals surface area contributed by atoms with Crippen molar-refractivity contribution in [3.8, 4) is 0 Å². The molecule has 5 fully saturated rings. The number of aliphatic hydroxyl groups is 1.